The Hall–Kier alpha value is -1.95. The molecule has 0 aromatic heterocycles. The number of rotatable bonds is 6. The van der Waals surface area contributed by atoms with Crippen LogP contribution in [0.2, 0.25) is 0 Å². The second-order valence-corrected chi connectivity index (χ2v) is 6.70. The molecule has 1 saturated heterocycles. The number of hydrogen-bond donors (Lipinski definition) is 2. The lowest BCUT2D eigenvalue weighted by Gasteiger charge is -2.25. The number of nitrogens with one attached hydrogen (secondary N) is 1. The number of halogens is 1. The molecular formula is C18H26FN3O2. The maximum absolute atomic E-state index is 13.3. The standard InChI is InChI=1S/C18H26FN3O2/c1-12(2)17(20)18(24)21-11-16(23)22-8-4-7-15(22)10-13-5-3-6-14(19)9-13/h3,5-6,9,12,15,17H,4,7-8,10-11,20H2,1-2H3,(H,21,24)/t15?,17-/m0/s1. The molecule has 132 valence electrons. The highest BCUT2D eigenvalue weighted by molar-refractivity contribution is 5.87. The molecule has 0 bridgehead atoms. The van der Waals surface area contributed by atoms with Crippen LogP contribution in [0.5, 0.6) is 0 Å². The zero-order valence-electron chi connectivity index (χ0n) is 14.3. The van der Waals surface area contributed by atoms with Crippen molar-refractivity contribution in [2.24, 2.45) is 11.7 Å². The first-order chi connectivity index (χ1) is 11.4. The highest BCUT2D eigenvalue weighted by atomic mass is 19.1. The lowest BCUT2D eigenvalue weighted by Crippen LogP contribution is -2.48. The fourth-order valence-electron chi connectivity index (χ4n) is 3.00. The van der Waals surface area contributed by atoms with Gasteiger partial charge in [0, 0.05) is 12.6 Å². The lowest BCUT2D eigenvalue weighted by molar-refractivity contribution is -0.134. The van der Waals surface area contributed by atoms with Gasteiger partial charge in [-0.3, -0.25) is 9.59 Å². The highest BCUT2D eigenvalue weighted by Crippen LogP contribution is 2.21. The van der Waals surface area contributed by atoms with Crippen molar-refractivity contribution in [3.63, 3.8) is 0 Å². The van der Waals surface area contributed by atoms with E-state index < -0.39 is 6.04 Å². The van der Waals surface area contributed by atoms with E-state index in [-0.39, 0.29) is 36.1 Å². The van der Waals surface area contributed by atoms with E-state index in [9.17, 15) is 14.0 Å². The fraction of sp³-hybridized carbons (Fsp3) is 0.556. The topological polar surface area (TPSA) is 75.4 Å². The molecule has 24 heavy (non-hydrogen) atoms. The molecule has 6 heteroatoms. The SMILES string of the molecule is CC(C)[C@H](N)C(=O)NCC(=O)N1CCCC1Cc1cccc(F)c1. The third-order valence-electron chi connectivity index (χ3n) is 4.49. The Kier molecular flexibility index (Phi) is 6.31. The normalized spacial score (nSPS) is 18.7. The molecule has 0 aliphatic carbocycles. The summed E-state index contributed by atoms with van der Waals surface area (Å²) in [6, 6.07) is 5.90. The number of nitrogens with two attached hydrogens (primary N) is 1. The molecule has 2 rings (SSSR count). The number of likely N-dealkylation sites (tertiary alicyclic amines) is 1. The largest absolute Gasteiger partial charge is 0.346 e. The summed E-state index contributed by atoms with van der Waals surface area (Å²) in [5, 5.41) is 2.62. The van der Waals surface area contributed by atoms with Gasteiger partial charge in [-0.1, -0.05) is 26.0 Å². The van der Waals surface area contributed by atoms with Gasteiger partial charge >= 0.3 is 0 Å². The maximum atomic E-state index is 13.3. The molecule has 5 nitrogen and oxygen atoms in total. The molecule has 1 unspecified atom stereocenters. The van der Waals surface area contributed by atoms with E-state index in [0.29, 0.717) is 13.0 Å². The number of carbonyl (C=O) groups excluding carboxylic acids is 2. The van der Waals surface area contributed by atoms with Crippen molar-refractivity contribution in [2.45, 2.75) is 45.2 Å². The maximum Gasteiger partial charge on any atom is 0.242 e. The molecule has 1 heterocycles. The molecule has 1 fully saturated rings. The van der Waals surface area contributed by atoms with Crippen LogP contribution in [0.15, 0.2) is 24.3 Å². The molecule has 0 radical (unpaired) electrons. The van der Waals surface area contributed by atoms with Crippen LogP contribution < -0.4 is 11.1 Å². The lowest BCUT2D eigenvalue weighted by atomic mass is 10.0. The predicted molar refractivity (Wildman–Crippen MR) is 90.7 cm³/mol. The van der Waals surface area contributed by atoms with E-state index in [4.69, 9.17) is 5.73 Å². The van der Waals surface area contributed by atoms with Crippen molar-refractivity contribution >= 4 is 11.8 Å². The first kappa shape index (κ1) is 18.4. The van der Waals surface area contributed by atoms with Gasteiger partial charge in [-0.25, -0.2) is 4.39 Å². The monoisotopic (exact) mass is 335 g/mol. The zero-order chi connectivity index (χ0) is 17.7. The van der Waals surface area contributed by atoms with Crippen molar-refractivity contribution in [3.8, 4) is 0 Å². The molecular weight excluding hydrogens is 309 g/mol. The summed E-state index contributed by atoms with van der Waals surface area (Å²) in [5.41, 5.74) is 6.65. The Morgan fingerprint density at radius 1 is 1.42 bits per heavy atom. The van der Waals surface area contributed by atoms with Crippen LogP contribution in [0.1, 0.15) is 32.3 Å². The smallest absolute Gasteiger partial charge is 0.242 e. The quantitative estimate of drug-likeness (QED) is 0.826. The van der Waals surface area contributed by atoms with Gasteiger partial charge in [0.15, 0.2) is 0 Å². The highest BCUT2D eigenvalue weighted by Gasteiger charge is 2.29. The van der Waals surface area contributed by atoms with Crippen molar-refractivity contribution < 1.29 is 14.0 Å². The first-order valence-electron chi connectivity index (χ1n) is 8.45. The van der Waals surface area contributed by atoms with Crippen LogP contribution in [-0.4, -0.2) is 41.9 Å². The summed E-state index contributed by atoms with van der Waals surface area (Å²) in [5.74, 6) is -0.664. The van der Waals surface area contributed by atoms with Gasteiger partial charge in [0.05, 0.1) is 12.6 Å². The number of hydrogen-bond acceptors (Lipinski definition) is 3. The van der Waals surface area contributed by atoms with Gasteiger partial charge in [-0.05, 0) is 42.9 Å². The van der Waals surface area contributed by atoms with Gasteiger partial charge < -0.3 is 16.0 Å². The number of amides is 2. The van der Waals surface area contributed by atoms with Gasteiger partial charge in [0.2, 0.25) is 11.8 Å². The fourth-order valence-corrected chi connectivity index (χ4v) is 3.00. The number of carbonyl (C=O) groups is 2. The minimum atomic E-state index is -0.612. The third kappa shape index (κ3) is 4.77. The predicted octanol–water partition coefficient (Wildman–Crippen LogP) is 1.46. The average Bonchev–Trinajstić information content (AvgIpc) is 2.99. The second-order valence-electron chi connectivity index (χ2n) is 6.70. The summed E-state index contributed by atoms with van der Waals surface area (Å²) < 4.78 is 13.3. The average molecular weight is 335 g/mol. The summed E-state index contributed by atoms with van der Waals surface area (Å²) in [7, 11) is 0. The third-order valence-corrected chi connectivity index (χ3v) is 4.49. The molecule has 1 aliphatic heterocycles. The molecule has 1 aliphatic rings. The summed E-state index contributed by atoms with van der Waals surface area (Å²) >= 11 is 0. The molecule has 2 atom stereocenters. The Bertz CT molecular complexity index is 591. The van der Waals surface area contributed by atoms with Crippen LogP contribution in [-0.2, 0) is 16.0 Å². The van der Waals surface area contributed by atoms with E-state index in [1.54, 1.807) is 11.0 Å². The van der Waals surface area contributed by atoms with Crippen LogP contribution in [0.4, 0.5) is 4.39 Å². The molecule has 1 aromatic carbocycles. The first-order valence-corrected chi connectivity index (χ1v) is 8.45. The minimum Gasteiger partial charge on any atom is -0.346 e. The zero-order valence-corrected chi connectivity index (χ0v) is 14.3. The second kappa shape index (κ2) is 8.24. The van der Waals surface area contributed by atoms with Gasteiger partial charge in [-0.15, -0.1) is 0 Å². The molecule has 2 amide bonds. The summed E-state index contributed by atoms with van der Waals surface area (Å²) in [6.45, 7) is 4.35. The van der Waals surface area contributed by atoms with Crippen molar-refractivity contribution in [3.05, 3.63) is 35.6 Å². The Balaban J connectivity index is 1.90. The van der Waals surface area contributed by atoms with Gasteiger partial charge in [0.25, 0.3) is 0 Å². The Morgan fingerprint density at radius 2 is 2.17 bits per heavy atom. The van der Waals surface area contributed by atoms with Gasteiger partial charge in [0.1, 0.15) is 5.82 Å². The molecule has 1 aromatic rings. The Morgan fingerprint density at radius 3 is 2.83 bits per heavy atom. The van der Waals surface area contributed by atoms with Crippen molar-refractivity contribution in [1.82, 2.24) is 10.2 Å². The Labute approximate surface area is 142 Å². The van der Waals surface area contributed by atoms with Gasteiger partial charge in [-0.2, -0.15) is 0 Å². The van der Waals surface area contributed by atoms with E-state index in [1.807, 2.05) is 19.9 Å². The summed E-state index contributed by atoms with van der Waals surface area (Å²) in [6.07, 6.45) is 2.44. The molecule has 0 saturated carbocycles. The van der Waals surface area contributed by atoms with E-state index in [1.165, 1.54) is 12.1 Å². The van der Waals surface area contributed by atoms with Crippen LogP contribution in [0, 0.1) is 11.7 Å². The van der Waals surface area contributed by atoms with Crippen LogP contribution >= 0.6 is 0 Å². The van der Waals surface area contributed by atoms with Crippen LogP contribution in [0.3, 0.4) is 0 Å². The van der Waals surface area contributed by atoms with E-state index >= 15 is 0 Å². The number of nitrogens with zero attached hydrogens (tertiary/aromatic N) is 1. The molecule has 0 spiro atoms. The van der Waals surface area contributed by atoms with E-state index in [2.05, 4.69) is 5.32 Å². The van der Waals surface area contributed by atoms with Crippen molar-refractivity contribution in [1.29, 1.82) is 0 Å². The van der Waals surface area contributed by atoms with Crippen molar-refractivity contribution in [2.75, 3.05) is 13.1 Å². The molecule has 3 N–H and O–H groups in total. The number of benzene rings is 1. The van der Waals surface area contributed by atoms with E-state index in [0.717, 1.165) is 18.4 Å². The minimum absolute atomic E-state index is 0.0209. The van der Waals surface area contributed by atoms with Crippen LogP contribution in [0.25, 0.3) is 0 Å². The summed E-state index contributed by atoms with van der Waals surface area (Å²) in [4.78, 5) is 26.1.